The monoisotopic (exact) mass is 605 g/mol. The molecule has 0 spiro atoms. The molecule has 2 N–H and O–H groups in total. The van der Waals surface area contributed by atoms with Gasteiger partial charge in [0, 0.05) is 29.8 Å². The molecule has 3 aromatic rings. The summed E-state index contributed by atoms with van der Waals surface area (Å²) in [6.07, 6.45) is 7.34. The van der Waals surface area contributed by atoms with Crippen LogP contribution in [0.1, 0.15) is 73.4 Å². The molecular weight excluding hydrogens is 571 g/mol. The molecule has 1 atom stereocenters. The van der Waals surface area contributed by atoms with Crippen molar-refractivity contribution in [3.8, 4) is 11.5 Å². The van der Waals surface area contributed by atoms with Gasteiger partial charge in [-0.3, -0.25) is 9.78 Å². The van der Waals surface area contributed by atoms with Crippen LogP contribution in [0.3, 0.4) is 0 Å². The number of nitrogens with one attached hydrogen (secondary N) is 2. The Bertz CT molecular complexity index is 1580. The molecule has 8 nitrogen and oxygen atoms in total. The molecule has 0 radical (unpaired) electrons. The molecule has 42 heavy (non-hydrogen) atoms. The molecule has 1 saturated carbocycles. The lowest BCUT2D eigenvalue weighted by Crippen LogP contribution is -2.50. The van der Waals surface area contributed by atoms with Gasteiger partial charge < -0.3 is 19.6 Å². The number of aromatic nitrogens is 1. The highest BCUT2D eigenvalue weighted by Gasteiger charge is 2.50. The molecule has 5 rings (SSSR count). The topological polar surface area (TPSA) is 107 Å². The molecule has 1 amide bonds. The van der Waals surface area contributed by atoms with Crippen molar-refractivity contribution in [3.05, 3.63) is 65.4 Å². The zero-order chi connectivity index (χ0) is 30.2. The van der Waals surface area contributed by atoms with Gasteiger partial charge in [-0.05, 0) is 87.4 Å². The smallest absolute Gasteiger partial charge is 0.486 e. The van der Waals surface area contributed by atoms with Gasteiger partial charge in [0.25, 0.3) is 5.91 Å². The third-order valence-electron chi connectivity index (χ3n) is 8.01. The summed E-state index contributed by atoms with van der Waals surface area (Å²) in [5.41, 5.74) is -5.04. The lowest BCUT2D eigenvalue weighted by molar-refractivity contribution is -0.0500. The minimum atomic E-state index is -5.89. The fourth-order valence-corrected chi connectivity index (χ4v) is 6.04. The first kappa shape index (κ1) is 30.1. The number of nitrogens with zero attached hydrogens (tertiary/aromatic N) is 1. The van der Waals surface area contributed by atoms with Gasteiger partial charge in [0.05, 0.1) is 11.1 Å². The number of carbonyl (C=O) groups excluding carboxylic acids is 1. The van der Waals surface area contributed by atoms with E-state index < -0.39 is 26.9 Å². The summed E-state index contributed by atoms with van der Waals surface area (Å²) in [7, 11) is -5.89. The van der Waals surface area contributed by atoms with Crippen LogP contribution in [0.2, 0.25) is 0 Å². The predicted octanol–water partition coefficient (Wildman–Crippen LogP) is 5.88. The highest BCUT2D eigenvalue weighted by molar-refractivity contribution is 7.88. The summed E-state index contributed by atoms with van der Waals surface area (Å²) < 4.78 is 73.6. The summed E-state index contributed by atoms with van der Waals surface area (Å²) in [5.74, 6) is -0.303. The first-order valence-corrected chi connectivity index (χ1v) is 15.5. The van der Waals surface area contributed by atoms with Gasteiger partial charge in [-0.2, -0.15) is 21.6 Å². The second kappa shape index (κ2) is 11.4. The van der Waals surface area contributed by atoms with Crippen LogP contribution in [0.25, 0.3) is 10.9 Å². The van der Waals surface area contributed by atoms with E-state index in [2.05, 4.69) is 26.7 Å². The Labute approximate surface area is 243 Å². The minimum absolute atomic E-state index is 0.243. The van der Waals surface area contributed by atoms with Crippen molar-refractivity contribution in [3.63, 3.8) is 0 Å². The SMILES string of the molecule is CCCCC1(Oc2ccc(C)c(C(=O)NC3(c4cc(OS(=O)(=O)C(F)(F)F)cc5ncccc45)CC3)c2)CCCNC1. The van der Waals surface area contributed by atoms with E-state index in [0.29, 0.717) is 35.1 Å². The van der Waals surface area contributed by atoms with Crippen LogP contribution in [0, 0.1) is 6.92 Å². The summed E-state index contributed by atoms with van der Waals surface area (Å²) in [6, 6.07) is 11.2. The summed E-state index contributed by atoms with van der Waals surface area (Å²) in [6.45, 7) is 5.64. The molecular formula is C30H34F3N3O5S. The third kappa shape index (κ3) is 6.19. The molecule has 1 saturated heterocycles. The molecule has 1 aliphatic heterocycles. The number of pyridine rings is 1. The Kier molecular flexibility index (Phi) is 8.14. The number of unbranched alkanes of at least 4 members (excludes halogenated alkanes) is 1. The van der Waals surface area contributed by atoms with Crippen LogP contribution in [-0.2, 0) is 15.7 Å². The number of alkyl halides is 3. The van der Waals surface area contributed by atoms with Gasteiger partial charge in [-0.25, -0.2) is 0 Å². The number of aryl methyl sites for hydroxylation is 1. The van der Waals surface area contributed by atoms with E-state index in [1.807, 2.05) is 19.1 Å². The van der Waals surface area contributed by atoms with Crippen LogP contribution in [-0.4, -0.2) is 43.5 Å². The Morgan fingerprint density at radius 1 is 1.12 bits per heavy atom. The largest absolute Gasteiger partial charge is 0.534 e. The van der Waals surface area contributed by atoms with E-state index >= 15 is 0 Å². The third-order valence-corrected chi connectivity index (χ3v) is 8.99. The van der Waals surface area contributed by atoms with Gasteiger partial charge >= 0.3 is 15.6 Å². The number of halogens is 3. The van der Waals surface area contributed by atoms with Gasteiger partial charge in [-0.15, -0.1) is 0 Å². The number of hydrogen-bond donors (Lipinski definition) is 2. The predicted molar refractivity (Wildman–Crippen MR) is 152 cm³/mol. The van der Waals surface area contributed by atoms with E-state index in [0.717, 1.165) is 56.8 Å². The Balaban J connectivity index is 1.44. The summed E-state index contributed by atoms with van der Waals surface area (Å²) >= 11 is 0. The minimum Gasteiger partial charge on any atom is -0.486 e. The molecule has 0 bridgehead atoms. The lowest BCUT2D eigenvalue weighted by Gasteiger charge is -2.38. The number of piperidine rings is 1. The van der Waals surface area contributed by atoms with Gasteiger partial charge in [0.15, 0.2) is 0 Å². The van der Waals surface area contributed by atoms with Gasteiger partial charge in [-0.1, -0.05) is 25.5 Å². The van der Waals surface area contributed by atoms with Crippen molar-refractivity contribution in [2.45, 2.75) is 75.4 Å². The first-order chi connectivity index (χ1) is 19.9. The molecule has 2 aliphatic rings. The number of hydrogen-bond acceptors (Lipinski definition) is 7. The zero-order valence-corrected chi connectivity index (χ0v) is 24.3. The molecule has 2 fully saturated rings. The van der Waals surface area contributed by atoms with Crippen molar-refractivity contribution in [1.29, 1.82) is 0 Å². The van der Waals surface area contributed by atoms with E-state index in [4.69, 9.17) is 4.74 Å². The van der Waals surface area contributed by atoms with Crippen molar-refractivity contribution in [1.82, 2.24) is 15.6 Å². The van der Waals surface area contributed by atoms with Crippen molar-refractivity contribution >= 4 is 26.9 Å². The quantitative estimate of drug-likeness (QED) is 0.220. The molecule has 1 unspecified atom stereocenters. The molecule has 1 aliphatic carbocycles. The van der Waals surface area contributed by atoms with Crippen LogP contribution in [0.5, 0.6) is 11.5 Å². The Morgan fingerprint density at radius 2 is 1.90 bits per heavy atom. The van der Waals surface area contributed by atoms with E-state index in [9.17, 15) is 26.4 Å². The Morgan fingerprint density at radius 3 is 2.57 bits per heavy atom. The summed E-state index contributed by atoms with van der Waals surface area (Å²) in [4.78, 5) is 17.9. The number of fused-ring (bicyclic) bond motifs is 1. The molecule has 226 valence electrons. The van der Waals surface area contributed by atoms with Crippen molar-refractivity contribution in [2.24, 2.45) is 0 Å². The van der Waals surface area contributed by atoms with Gasteiger partial charge in [0.1, 0.15) is 17.1 Å². The second-order valence-corrected chi connectivity index (χ2v) is 12.7. The van der Waals surface area contributed by atoms with E-state index in [1.54, 1.807) is 18.2 Å². The maximum Gasteiger partial charge on any atom is 0.534 e. The maximum atomic E-state index is 13.7. The molecule has 12 heteroatoms. The number of amides is 1. The highest BCUT2D eigenvalue weighted by atomic mass is 32.2. The fourth-order valence-electron chi connectivity index (χ4n) is 5.60. The number of carbonyl (C=O) groups is 1. The van der Waals surface area contributed by atoms with Crippen LogP contribution in [0.4, 0.5) is 13.2 Å². The average Bonchev–Trinajstić information content (AvgIpc) is 3.72. The highest BCUT2D eigenvalue weighted by Crippen LogP contribution is 2.49. The van der Waals surface area contributed by atoms with Crippen LogP contribution >= 0.6 is 0 Å². The van der Waals surface area contributed by atoms with Crippen molar-refractivity contribution < 1.29 is 35.3 Å². The second-order valence-electron chi connectivity index (χ2n) is 11.2. The maximum absolute atomic E-state index is 13.7. The zero-order valence-electron chi connectivity index (χ0n) is 23.5. The number of benzene rings is 2. The van der Waals surface area contributed by atoms with Gasteiger partial charge in [0.2, 0.25) is 0 Å². The number of ether oxygens (including phenoxy) is 1. The molecule has 2 heterocycles. The average molecular weight is 606 g/mol. The number of rotatable bonds is 10. The van der Waals surface area contributed by atoms with Crippen LogP contribution in [0.15, 0.2) is 48.7 Å². The van der Waals surface area contributed by atoms with Crippen LogP contribution < -0.4 is 19.6 Å². The van der Waals surface area contributed by atoms with Crippen molar-refractivity contribution in [2.75, 3.05) is 13.1 Å². The van der Waals surface area contributed by atoms with E-state index in [1.165, 1.54) is 12.3 Å². The first-order valence-electron chi connectivity index (χ1n) is 14.1. The molecule has 2 aromatic carbocycles. The lowest BCUT2D eigenvalue weighted by atomic mass is 9.88. The standard InChI is InChI=1S/C30H34F3N3O5S/c1-3-4-10-28(11-6-14-34-19-28)40-21-9-8-20(2)24(16-21)27(37)36-29(12-13-29)25-17-22(41-42(38,39)30(31,32)33)18-26-23(25)7-5-15-35-26/h5,7-9,15-18,34H,3-4,6,10-14,19H2,1-2H3,(H,36,37). The molecule has 1 aromatic heterocycles. The normalized spacial score (nSPS) is 20.2. The fraction of sp³-hybridized carbons (Fsp3) is 0.467. The van der Waals surface area contributed by atoms with E-state index in [-0.39, 0.29) is 17.0 Å². The Hall–Kier alpha value is -3.38. The summed E-state index contributed by atoms with van der Waals surface area (Å²) in [5, 5.41) is 7.07.